The second-order valence-electron chi connectivity index (χ2n) is 3.60. The second-order valence-corrected chi connectivity index (χ2v) is 4.40. The predicted octanol–water partition coefficient (Wildman–Crippen LogP) is 3.01. The van der Waals surface area contributed by atoms with Gasteiger partial charge in [-0.2, -0.15) is 0 Å². The average molecular weight is 283 g/mol. The van der Waals surface area contributed by atoms with Gasteiger partial charge in [0.2, 0.25) is 0 Å². The minimum Gasteiger partial charge on any atom is -0.465 e. The van der Waals surface area contributed by atoms with Gasteiger partial charge in [0.25, 0.3) is 0 Å². The number of carbonyl (C=O) groups is 1. The molecule has 3 N–H and O–H groups in total. The number of benzene rings is 1. The maximum absolute atomic E-state index is 10.4. The molecule has 1 amide bonds. The summed E-state index contributed by atoms with van der Waals surface area (Å²) >= 11 is 3.43. The van der Waals surface area contributed by atoms with Gasteiger partial charge in [-0.05, 0) is 46.1 Å². The highest BCUT2D eigenvalue weighted by Gasteiger charge is 2.06. The van der Waals surface area contributed by atoms with Gasteiger partial charge in [-0.1, -0.05) is 6.07 Å². The van der Waals surface area contributed by atoms with Crippen LogP contribution in [0.25, 0.3) is 10.9 Å². The van der Waals surface area contributed by atoms with E-state index in [9.17, 15) is 4.79 Å². The van der Waals surface area contributed by atoms with Gasteiger partial charge >= 0.3 is 6.09 Å². The number of rotatable bonds is 2. The molecule has 1 aromatic heterocycles. The zero-order chi connectivity index (χ0) is 11.7. The summed E-state index contributed by atoms with van der Waals surface area (Å²) in [5, 5.41) is 12.0. The lowest BCUT2D eigenvalue weighted by Crippen LogP contribution is -2.19. The lowest BCUT2D eigenvalue weighted by atomic mass is 10.1. The Bertz CT molecular complexity index is 548. The molecule has 0 saturated carbocycles. The molecule has 1 heterocycles. The molecule has 0 spiro atoms. The molecule has 0 radical (unpaired) electrons. The van der Waals surface area contributed by atoms with Crippen molar-refractivity contribution in [1.82, 2.24) is 10.3 Å². The van der Waals surface area contributed by atoms with Gasteiger partial charge in [-0.15, -0.1) is 0 Å². The highest BCUT2D eigenvalue weighted by molar-refractivity contribution is 9.10. The van der Waals surface area contributed by atoms with Crippen molar-refractivity contribution >= 4 is 32.9 Å². The highest BCUT2D eigenvalue weighted by atomic mass is 79.9. The summed E-state index contributed by atoms with van der Waals surface area (Å²) in [7, 11) is 0. The smallest absolute Gasteiger partial charge is 0.404 e. The quantitative estimate of drug-likeness (QED) is 0.793. The molecule has 0 atom stereocenters. The number of fused-ring (bicyclic) bond motifs is 1. The monoisotopic (exact) mass is 282 g/mol. The number of aromatic amines is 1. The van der Waals surface area contributed by atoms with Crippen molar-refractivity contribution in [3.05, 3.63) is 33.9 Å². The first-order valence-corrected chi connectivity index (χ1v) is 5.60. The van der Waals surface area contributed by atoms with E-state index in [-0.39, 0.29) is 0 Å². The van der Waals surface area contributed by atoms with E-state index in [1.54, 1.807) is 0 Å². The Morgan fingerprint density at radius 1 is 1.56 bits per heavy atom. The molecule has 0 fully saturated rings. The number of amides is 1. The fraction of sp³-hybridized carbons (Fsp3) is 0.182. The summed E-state index contributed by atoms with van der Waals surface area (Å²) in [5.41, 5.74) is 3.13. The Morgan fingerprint density at radius 3 is 3.00 bits per heavy atom. The van der Waals surface area contributed by atoms with E-state index >= 15 is 0 Å². The minimum absolute atomic E-state index is 0.327. The molecule has 0 aliphatic carbocycles. The number of H-pyrrole nitrogens is 1. The van der Waals surface area contributed by atoms with E-state index in [1.807, 2.05) is 25.1 Å². The van der Waals surface area contributed by atoms with E-state index in [1.165, 1.54) is 0 Å². The lowest BCUT2D eigenvalue weighted by molar-refractivity contribution is 0.194. The Hall–Kier alpha value is -1.49. The molecule has 0 saturated heterocycles. The molecule has 2 rings (SSSR count). The van der Waals surface area contributed by atoms with Crippen LogP contribution in [-0.2, 0) is 6.54 Å². The first-order valence-electron chi connectivity index (χ1n) is 4.81. The van der Waals surface area contributed by atoms with Crippen molar-refractivity contribution in [3.8, 4) is 0 Å². The molecule has 0 unspecified atom stereocenters. The van der Waals surface area contributed by atoms with Gasteiger partial charge in [0, 0.05) is 17.4 Å². The summed E-state index contributed by atoms with van der Waals surface area (Å²) in [6.45, 7) is 2.34. The summed E-state index contributed by atoms with van der Waals surface area (Å²) in [5.74, 6) is 0. The van der Waals surface area contributed by atoms with Gasteiger partial charge in [-0.3, -0.25) is 0 Å². The summed E-state index contributed by atoms with van der Waals surface area (Å²) in [6.07, 6.45) is -1.01. The van der Waals surface area contributed by atoms with Crippen molar-refractivity contribution < 1.29 is 9.90 Å². The highest BCUT2D eigenvalue weighted by Crippen LogP contribution is 2.26. The number of carboxylic acid groups (broad SMARTS) is 1. The predicted molar refractivity (Wildman–Crippen MR) is 65.6 cm³/mol. The Balaban J connectivity index is 2.35. The Labute approximate surface area is 101 Å². The molecule has 5 heteroatoms. The molecule has 4 nitrogen and oxygen atoms in total. The number of nitrogens with one attached hydrogen (secondary N) is 2. The molecule has 84 valence electrons. The molecule has 0 bridgehead atoms. The fourth-order valence-corrected chi connectivity index (χ4v) is 2.06. The van der Waals surface area contributed by atoms with Gasteiger partial charge in [0.05, 0.1) is 4.60 Å². The molecule has 1 aromatic carbocycles. The van der Waals surface area contributed by atoms with E-state index < -0.39 is 6.09 Å². The number of aryl methyl sites for hydroxylation is 1. The van der Waals surface area contributed by atoms with Crippen LogP contribution in [0.15, 0.2) is 22.8 Å². The molecular formula is C11H11BrN2O2. The van der Waals surface area contributed by atoms with E-state index in [0.717, 1.165) is 26.6 Å². The first-order chi connectivity index (χ1) is 7.58. The van der Waals surface area contributed by atoms with Gasteiger partial charge in [-0.25, -0.2) is 4.79 Å². The molecule has 0 aliphatic heterocycles. The van der Waals surface area contributed by atoms with Crippen LogP contribution in [-0.4, -0.2) is 16.2 Å². The van der Waals surface area contributed by atoms with Crippen molar-refractivity contribution in [2.45, 2.75) is 13.5 Å². The first kappa shape index (κ1) is 11.0. The van der Waals surface area contributed by atoms with E-state index in [4.69, 9.17) is 5.11 Å². The van der Waals surface area contributed by atoms with Crippen LogP contribution >= 0.6 is 15.9 Å². The Morgan fingerprint density at radius 2 is 2.31 bits per heavy atom. The van der Waals surface area contributed by atoms with Crippen molar-refractivity contribution in [3.63, 3.8) is 0 Å². The summed E-state index contributed by atoms with van der Waals surface area (Å²) in [6, 6.07) is 5.84. The average Bonchev–Trinajstić information content (AvgIpc) is 2.52. The summed E-state index contributed by atoms with van der Waals surface area (Å²) < 4.78 is 0.964. The topological polar surface area (TPSA) is 65.1 Å². The van der Waals surface area contributed by atoms with Crippen molar-refractivity contribution in [2.75, 3.05) is 0 Å². The Kier molecular flexibility index (Phi) is 2.87. The van der Waals surface area contributed by atoms with Crippen LogP contribution in [0.5, 0.6) is 0 Å². The largest absolute Gasteiger partial charge is 0.465 e. The lowest BCUT2D eigenvalue weighted by Gasteiger charge is -2.01. The third-order valence-corrected chi connectivity index (χ3v) is 3.30. The zero-order valence-electron chi connectivity index (χ0n) is 8.67. The van der Waals surface area contributed by atoms with Crippen LogP contribution in [0.1, 0.15) is 11.1 Å². The van der Waals surface area contributed by atoms with Crippen LogP contribution in [0.3, 0.4) is 0 Å². The molecule has 16 heavy (non-hydrogen) atoms. The van der Waals surface area contributed by atoms with E-state index in [0.29, 0.717) is 6.54 Å². The standard InChI is InChI=1S/C11H11BrN2O2/c1-6-8-4-7(5-13-11(15)16)2-3-9(8)14-10(6)12/h2-4,13-14H,5H2,1H3,(H,15,16). The van der Waals surface area contributed by atoms with Crippen molar-refractivity contribution in [2.24, 2.45) is 0 Å². The maximum atomic E-state index is 10.4. The zero-order valence-corrected chi connectivity index (χ0v) is 10.3. The third-order valence-electron chi connectivity index (χ3n) is 2.51. The number of halogens is 1. The molecule has 2 aromatic rings. The van der Waals surface area contributed by atoms with Crippen LogP contribution in [0.4, 0.5) is 4.79 Å². The molecule has 0 aliphatic rings. The maximum Gasteiger partial charge on any atom is 0.404 e. The number of hydrogen-bond donors (Lipinski definition) is 3. The van der Waals surface area contributed by atoms with Crippen LogP contribution in [0, 0.1) is 6.92 Å². The fourth-order valence-electron chi connectivity index (χ4n) is 1.63. The third kappa shape index (κ3) is 2.04. The SMILES string of the molecule is Cc1c(Br)[nH]c2ccc(CNC(=O)O)cc12. The minimum atomic E-state index is -1.01. The number of hydrogen-bond acceptors (Lipinski definition) is 1. The summed E-state index contributed by atoms with van der Waals surface area (Å²) in [4.78, 5) is 13.6. The number of aromatic nitrogens is 1. The van der Waals surface area contributed by atoms with Crippen LogP contribution < -0.4 is 5.32 Å². The second kappa shape index (κ2) is 4.17. The van der Waals surface area contributed by atoms with E-state index in [2.05, 4.69) is 26.2 Å². The normalized spacial score (nSPS) is 10.6. The van der Waals surface area contributed by atoms with Gasteiger partial charge in [0.15, 0.2) is 0 Å². The van der Waals surface area contributed by atoms with Gasteiger partial charge in [0.1, 0.15) is 0 Å². The molecular weight excluding hydrogens is 272 g/mol. The van der Waals surface area contributed by atoms with Crippen molar-refractivity contribution in [1.29, 1.82) is 0 Å². The van der Waals surface area contributed by atoms with Crippen LogP contribution in [0.2, 0.25) is 0 Å². The van der Waals surface area contributed by atoms with Gasteiger partial charge < -0.3 is 15.4 Å².